The van der Waals surface area contributed by atoms with Gasteiger partial charge in [0.15, 0.2) is 12.4 Å². The van der Waals surface area contributed by atoms with Crippen molar-refractivity contribution >= 4 is 28.7 Å². The molecule has 7 heteroatoms. The van der Waals surface area contributed by atoms with Crippen molar-refractivity contribution in [3.8, 4) is 27.7 Å². The Kier molecular flexibility index (Phi) is 5.01. The highest BCUT2D eigenvalue weighted by atomic mass is 32.1. The summed E-state index contributed by atoms with van der Waals surface area (Å²) >= 11 is 1.50. The predicted octanol–water partition coefficient (Wildman–Crippen LogP) is 4.48. The van der Waals surface area contributed by atoms with Crippen LogP contribution in [0, 0.1) is 0 Å². The Morgan fingerprint density at radius 3 is 2.68 bits per heavy atom. The highest BCUT2D eigenvalue weighted by molar-refractivity contribution is 7.13. The summed E-state index contributed by atoms with van der Waals surface area (Å²) in [5, 5.41) is 2.77. The molecule has 1 aliphatic heterocycles. The first kappa shape index (κ1) is 19.1. The number of aromatic nitrogens is 2. The van der Waals surface area contributed by atoms with Gasteiger partial charge >= 0.3 is 0 Å². The maximum atomic E-state index is 12.7. The number of anilines is 1. The van der Waals surface area contributed by atoms with E-state index in [2.05, 4.69) is 4.98 Å². The van der Waals surface area contributed by atoms with Gasteiger partial charge in [-0.1, -0.05) is 36.4 Å². The van der Waals surface area contributed by atoms with Crippen molar-refractivity contribution in [1.82, 2.24) is 9.97 Å². The van der Waals surface area contributed by atoms with Crippen molar-refractivity contribution in [2.24, 2.45) is 0 Å². The zero-order chi connectivity index (χ0) is 21.2. The minimum absolute atomic E-state index is 0.0427. The first-order chi connectivity index (χ1) is 15.2. The van der Waals surface area contributed by atoms with E-state index in [0.29, 0.717) is 17.0 Å². The molecule has 1 aliphatic rings. The van der Waals surface area contributed by atoms with Gasteiger partial charge in [-0.25, -0.2) is 4.98 Å². The molecule has 0 saturated carbocycles. The zero-order valence-corrected chi connectivity index (χ0v) is 17.2. The van der Waals surface area contributed by atoms with E-state index < -0.39 is 0 Å². The Labute approximate surface area is 182 Å². The molecule has 0 fully saturated rings. The number of ether oxygens (including phenoxy) is 1. The number of carbonyl (C=O) groups is 2. The molecule has 0 spiro atoms. The number of hydrogen-bond acceptors (Lipinski definition) is 6. The van der Waals surface area contributed by atoms with Crippen LogP contribution in [-0.4, -0.2) is 34.8 Å². The molecule has 2 aromatic heterocycles. The van der Waals surface area contributed by atoms with Crippen molar-refractivity contribution < 1.29 is 14.3 Å². The van der Waals surface area contributed by atoms with Gasteiger partial charge in [-0.3, -0.25) is 19.5 Å². The summed E-state index contributed by atoms with van der Waals surface area (Å²) in [5.41, 5.74) is 3.57. The molecule has 5 rings (SSSR count). The number of carbonyl (C=O) groups excluding carboxylic acids is 2. The van der Waals surface area contributed by atoms with Crippen LogP contribution in [0.4, 0.5) is 5.69 Å². The summed E-state index contributed by atoms with van der Waals surface area (Å²) in [7, 11) is 0. The molecule has 0 radical (unpaired) electrons. The minimum Gasteiger partial charge on any atom is -0.482 e. The summed E-state index contributed by atoms with van der Waals surface area (Å²) in [6, 6.07) is 20.2. The van der Waals surface area contributed by atoms with E-state index >= 15 is 0 Å². The number of thiazole rings is 1. The number of rotatable bonds is 5. The van der Waals surface area contributed by atoms with Gasteiger partial charge in [-0.2, -0.15) is 0 Å². The lowest BCUT2D eigenvalue weighted by molar-refractivity contribution is -0.121. The van der Waals surface area contributed by atoms with Gasteiger partial charge in [0.25, 0.3) is 5.91 Å². The number of ketones is 1. The fourth-order valence-corrected chi connectivity index (χ4v) is 4.21. The number of benzene rings is 2. The van der Waals surface area contributed by atoms with Crippen LogP contribution in [0.25, 0.3) is 22.0 Å². The first-order valence-corrected chi connectivity index (χ1v) is 10.6. The number of pyridine rings is 1. The summed E-state index contributed by atoms with van der Waals surface area (Å²) < 4.78 is 5.59. The normalized spacial score (nSPS) is 12.9. The highest BCUT2D eigenvalue weighted by Crippen LogP contribution is 2.37. The Morgan fingerprint density at radius 2 is 1.87 bits per heavy atom. The Balaban J connectivity index is 1.47. The van der Waals surface area contributed by atoms with Crippen molar-refractivity contribution in [3.63, 3.8) is 0 Å². The maximum Gasteiger partial charge on any atom is 0.265 e. The first-order valence-electron chi connectivity index (χ1n) is 9.72. The van der Waals surface area contributed by atoms with E-state index in [4.69, 9.17) is 9.72 Å². The van der Waals surface area contributed by atoms with Crippen LogP contribution in [0.15, 0.2) is 78.3 Å². The molecule has 0 bridgehead atoms. The summed E-state index contributed by atoms with van der Waals surface area (Å²) in [4.78, 5) is 35.9. The van der Waals surface area contributed by atoms with Crippen LogP contribution in [0.5, 0.6) is 5.75 Å². The molecule has 0 N–H and O–H groups in total. The second-order valence-electron chi connectivity index (χ2n) is 6.99. The lowest BCUT2D eigenvalue weighted by Crippen LogP contribution is -2.42. The van der Waals surface area contributed by atoms with Gasteiger partial charge in [0.05, 0.1) is 23.6 Å². The molecule has 31 heavy (non-hydrogen) atoms. The van der Waals surface area contributed by atoms with Crippen LogP contribution in [0.2, 0.25) is 0 Å². The van der Waals surface area contributed by atoms with Gasteiger partial charge < -0.3 is 4.74 Å². The van der Waals surface area contributed by atoms with E-state index in [9.17, 15) is 9.59 Å². The summed E-state index contributed by atoms with van der Waals surface area (Å²) in [6.07, 6.45) is 1.74. The number of Topliss-reactive ketones (excluding diaryl/α,β-unsaturated/α-hetero) is 1. The van der Waals surface area contributed by atoms with E-state index in [1.54, 1.807) is 18.3 Å². The molecule has 0 atom stereocenters. The molecular formula is C24H17N3O3S. The number of fused-ring (bicyclic) bond motifs is 1. The quantitative estimate of drug-likeness (QED) is 0.439. The van der Waals surface area contributed by atoms with Crippen LogP contribution in [0.3, 0.4) is 0 Å². The third kappa shape index (κ3) is 3.83. The molecule has 0 aliphatic carbocycles. The largest absolute Gasteiger partial charge is 0.482 e. The van der Waals surface area contributed by atoms with Gasteiger partial charge in [0.1, 0.15) is 10.8 Å². The molecule has 3 heterocycles. The zero-order valence-electron chi connectivity index (χ0n) is 16.4. The third-order valence-corrected chi connectivity index (χ3v) is 5.85. The standard InChI is InChI=1S/C24H17N3O3S/c28-21(16-6-2-1-3-7-16)13-27-20-12-17(9-10-22(20)30-14-23(27)29)19-15-31-24(26-19)18-8-4-5-11-25-18/h1-12,15H,13-14H2. The van der Waals surface area contributed by atoms with E-state index in [1.807, 2.05) is 60.0 Å². The number of nitrogens with zero attached hydrogens (tertiary/aromatic N) is 3. The molecule has 152 valence electrons. The topological polar surface area (TPSA) is 72.4 Å². The van der Waals surface area contributed by atoms with Gasteiger partial charge in [0, 0.05) is 22.7 Å². The predicted molar refractivity (Wildman–Crippen MR) is 119 cm³/mol. The highest BCUT2D eigenvalue weighted by Gasteiger charge is 2.28. The molecule has 0 unspecified atom stereocenters. The van der Waals surface area contributed by atoms with Crippen molar-refractivity contribution in [2.45, 2.75) is 0 Å². The van der Waals surface area contributed by atoms with Crippen molar-refractivity contribution in [1.29, 1.82) is 0 Å². The Morgan fingerprint density at radius 1 is 1.03 bits per heavy atom. The van der Waals surface area contributed by atoms with E-state index in [-0.39, 0.29) is 24.8 Å². The van der Waals surface area contributed by atoms with Gasteiger partial charge in [-0.05, 0) is 30.3 Å². The molecular weight excluding hydrogens is 410 g/mol. The second kappa shape index (κ2) is 8.12. The monoisotopic (exact) mass is 427 g/mol. The minimum atomic E-state index is -0.249. The van der Waals surface area contributed by atoms with Gasteiger partial charge in [0.2, 0.25) is 0 Å². The lowest BCUT2D eigenvalue weighted by atomic mass is 10.1. The average Bonchev–Trinajstić information content (AvgIpc) is 3.32. The fourth-order valence-electron chi connectivity index (χ4n) is 3.41. The SMILES string of the molecule is O=C(CN1C(=O)COc2ccc(-c3csc(-c4ccccn4)n3)cc21)c1ccccc1. The molecule has 2 aromatic carbocycles. The molecule has 4 aromatic rings. The second-order valence-corrected chi connectivity index (χ2v) is 7.85. The molecule has 1 amide bonds. The van der Waals surface area contributed by atoms with Crippen molar-refractivity contribution in [2.75, 3.05) is 18.1 Å². The van der Waals surface area contributed by atoms with Crippen LogP contribution >= 0.6 is 11.3 Å². The van der Waals surface area contributed by atoms with E-state index in [1.165, 1.54) is 16.2 Å². The third-order valence-electron chi connectivity index (χ3n) is 4.98. The Hall–Kier alpha value is -3.84. The summed E-state index contributed by atoms with van der Waals surface area (Å²) in [6.45, 7) is -0.131. The fraction of sp³-hybridized carbons (Fsp3) is 0.0833. The molecule has 6 nitrogen and oxygen atoms in total. The van der Waals surface area contributed by atoms with Crippen LogP contribution in [-0.2, 0) is 4.79 Å². The maximum absolute atomic E-state index is 12.7. The smallest absolute Gasteiger partial charge is 0.265 e. The summed E-state index contributed by atoms with van der Waals surface area (Å²) in [5.74, 6) is 0.198. The van der Waals surface area contributed by atoms with Crippen LogP contribution < -0.4 is 9.64 Å². The van der Waals surface area contributed by atoms with Crippen LogP contribution in [0.1, 0.15) is 10.4 Å². The van der Waals surface area contributed by atoms with Gasteiger partial charge in [-0.15, -0.1) is 11.3 Å². The van der Waals surface area contributed by atoms with E-state index in [0.717, 1.165) is 22.0 Å². The lowest BCUT2D eigenvalue weighted by Gasteiger charge is -2.29. The van der Waals surface area contributed by atoms with Crippen molar-refractivity contribution in [3.05, 3.63) is 83.9 Å². The molecule has 0 saturated heterocycles. The number of hydrogen-bond donors (Lipinski definition) is 0. The Bertz CT molecular complexity index is 1260. The number of amides is 1. The average molecular weight is 427 g/mol.